The summed E-state index contributed by atoms with van der Waals surface area (Å²) in [4.78, 5) is 15.2. The molecule has 1 saturated heterocycles. The van der Waals surface area contributed by atoms with Gasteiger partial charge in [0.1, 0.15) is 5.75 Å². The fourth-order valence-corrected chi connectivity index (χ4v) is 4.88. The third kappa shape index (κ3) is 2.72. The Balaban J connectivity index is 1.56. The highest BCUT2D eigenvalue weighted by molar-refractivity contribution is 5.95. The van der Waals surface area contributed by atoms with Gasteiger partial charge >= 0.3 is 0 Å². The molecule has 5 nitrogen and oxygen atoms in total. The van der Waals surface area contributed by atoms with Gasteiger partial charge in [-0.3, -0.25) is 9.48 Å². The van der Waals surface area contributed by atoms with E-state index in [0.717, 1.165) is 30.2 Å². The first kappa shape index (κ1) is 18.8. The van der Waals surface area contributed by atoms with Crippen molar-refractivity contribution in [3.8, 4) is 17.0 Å². The summed E-state index contributed by atoms with van der Waals surface area (Å²) in [5, 5.41) is 4.65. The number of carbonyl (C=O) groups excluding carboxylic acids is 1. The summed E-state index contributed by atoms with van der Waals surface area (Å²) in [5.74, 6) is -1.18. The van der Waals surface area contributed by atoms with Gasteiger partial charge in [-0.25, -0.2) is 8.78 Å². The van der Waals surface area contributed by atoms with Gasteiger partial charge in [-0.15, -0.1) is 0 Å². The molecule has 1 aromatic heterocycles. The third-order valence-electron chi connectivity index (χ3n) is 6.19. The molecule has 0 unspecified atom stereocenters. The molecule has 2 atom stereocenters. The molecular weight excluding hydrogens is 388 g/mol. The normalized spacial score (nSPS) is 19.7. The molecule has 3 aromatic rings. The van der Waals surface area contributed by atoms with E-state index in [1.807, 2.05) is 4.90 Å². The molecule has 3 heterocycles. The van der Waals surface area contributed by atoms with Crippen LogP contribution in [-0.4, -0.2) is 33.7 Å². The quantitative estimate of drug-likeness (QED) is 0.649. The lowest BCUT2D eigenvalue weighted by Crippen LogP contribution is -2.41. The highest BCUT2D eigenvalue weighted by Crippen LogP contribution is 2.47. The number of benzene rings is 2. The molecule has 30 heavy (non-hydrogen) atoms. The van der Waals surface area contributed by atoms with E-state index in [1.54, 1.807) is 49.2 Å². The molecule has 0 saturated carbocycles. The van der Waals surface area contributed by atoms with E-state index in [1.165, 1.54) is 6.07 Å². The Bertz CT molecular complexity index is 1160. The summed E-state index contributed by atoms with van der Waals surface area (Å²) in [5.41, 5.74) is 3.05. The molecular formula is C23H21F2N3O2. The van der Waals surface area contributed by atoms with E-state index >= 15 is 0 Å². The predicted molar refractivity (Wildman–Crippen MR) is 107 cm³/mol. The van der Waals surface area contributed by atoms with Gasteiger partial charge in [-0.05, 0) is 49.6 Å². The van der Waals surface area contributed by atoms with E-state index in [4.69, 9.17) is 4.74 Å². The van der Waals surface area contributed by atoms with E-state index < -0.39 is 11.6 Å². The number of hydrogen-bond donors (Lipinski definition) is 0. The molecule has 5 rings (SSSR count). The number of amides is 1. The Morgan fingerprint density at radius 2 is 1.97 bits per heavy atom. The minimum absolute atomic E-state index is 0.000714. The number of fused-ring (bicyclic) bond motifs is 4. The van der Waals surface area contributed by atoms with Crippen LogP contribution in [0.1, 0.15) is 40.5 Å². The Kier molecular flexibility index (Phi) is 4.34. The lowest BCUT2D eigenvalue weighted by Gasteiger charge is -2.34. The van der Waals surface area contributed by atoms with Gasteiger partial charge in [0, 0.05) is 29.8 Å². The van der Waals surface area contributed by atoms with E-state index in [-0.39, 0.29) is 23.6 Å². The Hall–Kier alpha value is -3.22. The minimum Gasteiger partial charge on any atom is -0.497 e. The van der Waals surface area contributed by atoms with Crippen molar-refractivity contribution in [2.24, 2.45) is 7.05 Å². The van der Waals surface area contributed by atoms with Crippen LogP contribution in [-0.2, 0) is 13.5 Å². The van der Waals surface area contributed by atoms with Crippen LogP contribution in [0.2, 0.25) is 0 Å². The fraction of sp³-hybridized carbons (Fsp3) is 0.304. The second kappa shape index (κ2) is 6.93. The first-order chi connectivity index (χ1) is 14.5. The molecule has 2 aliphatic rings. The fourth-order valence-electron chi connectivity index (χ4n) is 4.88. The van der Waals surface area contributed by atoms with E-state index in [2.05, 4.69) is 5.10 Å². The average molecular weight is 409 g/mol. The summed E-state index contributed by atoms with van der Waals surface area (Å²) >= 11 is 0. The Morgan fingerprint density at radius 3 is 2.77 bits per heavy atom. The van der Waals surface area contributed by atoms with Crippen LogP contribution >= 0.6 is 0 Å². The zero-order valence-corrected chi connectivity index (χ0v) is 16.7. The second-order valence-electron chi connectivity index (χ2n) is 7.83. The second-order valence-corrected chi connectivity index (χ2v) is 7.83. The average Bonchev–Trinajstić information content (AvgIpc) is 3.26. The number of halogens is 2. The third-order valence-corrected chi connectivity index (χ3v) is 6.19. The van der Waals surface area contributed by atoms with Crippen molar-refractivity contribution in [1.29, 1.82) is 0 Å². The van der Waals surface area contributed by atoms with Gasteiger partial charge in [0.15, 0.2) is 11.6 Å². The van der Waals surface area contributed by atoms with Crippen molar-refractivity contribution in [2.45, 2.75) is 31.3 Å². The van der Waals surface area contributed by atoms with Crippen LogP contribution in [0.5, 0.6) is 5.75 Å². The number of aryl methyl sites for hydroxylation is 1. The molecule has 2 aliphatic heterocycles. The van der Waals surface area contributed by atoms with Crippen LogP contribution in [0, 0.1) is 11.6 Å². The molecule has 0 N–H and O–H groups in total. The first-order valence-corrected chi connectivity index (χ1v) is 9.96. The van der Waals surface area contributed by atoms with Gasteiger partial charge < -0.3 is 9.64 Å². The zero-order chi connectivity index (χ0) is 21.0. The molecule has 1 fully saturated rings. The number of rotatable bonds is 3. The largest absolute Gasteiger partial charge is 0.497 e. The van der Waals surface area contributed by atoms with Crippen molar-refractivity contribution < 1.29 is 18.3 Å². The molecule has 0 aliphatic carbocycles. The van der Waals surface area contributed by atoms with Gasteiger partial charge in [0.05, 0.1) is 24.5 Å². The lowest BCUT2D eigenvalue weighted by atomic mass is 9.94. The van der Waals surface area contributed by atoms with E-state index in [9.17, 15) is 13.6 Å². The number of methoxy groups -OCH3 is 1. The van der Waals surface area contributed by atoms with E-state index in [0.29, 0.717) is 23.4 Å². The molecule has 0 radical (unpaired) electrons. The number of aromatic nitrogens is 2. The summed E-state index contributed by atoms with van der Waals surface area (Å²) < 4.78 is 35.2. The standard InChI is InChI=1S/C23H21F2N3O2/c1-27-22(16-7-4-8-18(24)20(16)25)17-12-14-9-10-19(21(17)26-27)28(14)23(29)13-5-3-6-15(11-13)30-2/h3-8,11,14,19H,9-10,12H2,1-2H3/t14-,19+/m0/s1. The molecule has 0 spiro atoms. The highest BCUT2D eigenvalue weighted by Gasteiger charge is 2.46. The molecule has 1 amide bonds. The molecule has 7 heteroatoms. The maximum atomic E-state index is 14.5. The number of nitrogens with zero attached hydrogens (tertiary/aromatic N) is 3. The maximum Gasteiger partial charge on any atom is 0.254 e. The number of carbonyl (C=O) groups is 1. The van der Waals surface area contributed by atoms with Crippen molar-refractivity contribution >= 4 is 5.91 Å². The first-order valence-electron chi connectivity index (χ1n) is 9.96. The molecule has 2 bridgehead atoms. The number of ether oxygens (including phenoxy) is 1. The predicted octanol–water partition coefficient (Wildman–Crippen LogP) is 4.28. The lowest BCUT2D eigenvalue weighted by molar-refractivity contribution is 0.0642. The van der Waals surface area contributed by atoms with Crippen molar-refractivity contribution in [3.63, 3.8) is 0 Å². The maximum absolute atomic E-state index is 14.5. The van der Waals surface area contributed by atoms with Crippen LogP contribution < -0.4 is 4.74 Å². The van der Waals surface area contributed by atoms with Crippen molar-refractivity contribution in [2.75, 3.05) is 7.11 Å². The summed E-state index contributed by atoms with van der Waals surface area (Å²) in [6.07, 6.45) is 2.22. The monoisotopic (exact) mass is 409 g/mol. The summed E-state index contributed by atoms with van der Waals surface area (Å²) in [6, 6.07) is 11.1. The van der Waals surface area contributed by atoms with Crippen LogP contribution in [0.4, 0.5) is 8.78 Å². The molecule has 2 aromatic carbocycles. The topological polar surface area (TPSA) is 47.4 Å². The Morgan fingerprint density at radius 1 is 1.17 bits per heavy atom. The smallest absolute Gasteiger partial charge is 0.254 e. The zero-order valence-electron chi connectivity index (χ0n) is 16.7. The van der Waals surface area contributed by atoms with Crippen LogP contribution in [0.25, 0.3) is 11.3 Å². The summed E-state index contributed by atoms with van der Waals surface area (Å²) in [6.45, 7) is 0. The molecule has 154 valence electrons. The summed E-state index contributed by atoms with van der Waals surface area (Å²) in [7, 11) is 3.31. The van der Waals surface area contributed by atoms with Crippen molar-refractivity contribution in [1.82, 2.24) is 14.7 Å². The van der Waals surface area contributed by atoms with Gasteiger partial charge in [-0.1, -0.05) is 12.1 Å². The SMILES string of the molecule is COc1cccc(C(=O)N2[C@H]3CC[C@@H]2c2nn(C)c(-c4cccc(F)c4F)c2C3)c1. The van der Waals surface area contributed by atoms with Crippen LogP contribution in [0.15, 0.2) is 42.5 Å². The minimum atomic E-state index is -0.879. The van der Waals surface area contributed by atoms with Gasteiger partial charge in [0.2, 0.25) is 0 Å². The highest BCUT2D eigenvalue weighted by atomic mass is 19.2. The van der Waals surface area contributed by atoms with Crippen molar-refractivity contribution in [3.05, 3.63) is 70.9 Å². The van der Waals surface area contributed by atoms with Crippen LogP contribution in [0.3, 0.4) is 0 Å². The van der Waals surface area contributed by atoms with Gasteiger partial charge in [-0.2, -0.15) is 5.10 Å². The van der Waals surface area contributed by atoms with Gasteiger partial charge in [0.25, 0.3) is 5.91 Å². The Labute approximate surface area is 172 Å². The number of hydrogen-bond acceptors (Lipinski definition) is 3.